The van der Waals surface area contributed by atoms with Crippen LogP contribution in [0, 0.1) is 5.92 Å². The van der Waals surface area contributed by atoms with Gasteiger partial charge in [-0.25, -0.2) is 4.79 Å². The van der Waals surface area contributed by atoms with Gasteiger partial charge in [-0.2, -0.15) is 0 Å². The Morgan fingerprint density at radius 3 is 2.65 bits per heavy atom. The van der Waals surface area contributed by atoms with Gasteiger partial charge < -0.3 is 4.74 Å². The first kappa shape index (κ1) is 11.6. The van der Waals surface area contributed by atoms with Gasteiger partial charge in [0, 0.05) is 5.92 Å². The van der Waals surface area contributed by atoms with Crippen LogP contribution in [0.4, 0.5) is 0 Å². The van der Waals surface area contributed by atoms with E-state index in [1.165, 1.54) is 7.11 Å². The Kier molecular flexibility index (Phi) is 3.38. The summed E-state index contributed by atoms with van der Waals surface area (Å²) in [6.07, 6.45) is 5.22. The summed E-state index contributed by atoms with van der Waals surface area (Å²) in [5.74, 6) is -0.0367. The van der Waals surface area contributed by atoms with Crippen LogP contribution in [0.3, 0.4) is 0 Å². The van der Waals surface area contributed by atoms with Crippen LogP contribution < -0.4 is 0 Å². The maximum absolute atomic E-state index is 11.5. The lowest BCUT2D eigenvalue weighted by Gasteiger charge is -2.02. The SMILES string of the molecule is COC(=O)c1ccccc1/C=C/C(=O)C1CC1. The standard InChI is InChI=1S/C14H14O3/c1-17-14(16)12-5-3-2-4-10(12)8-9-13(15)11-6-7-11/h2-5,8-9,11H,6-7H2,1H3/b9-8+. The second-order valence-corrected chi connectivity index (χ2v) is 4.09. The number of esters is 1. The minimum atomic E-state index is -0.385. The summed E-state index contributed by atoms with van der Waals surface area (Å²) in [6.45, 7) is 0. The number of carbonyl (C=O) groups is 2. The van der Waals surface area contributed by atoms with Gasteiger partial charge in [-0.1, -0.05) is 24.3 Å². The van der Waals surface area contributed by atoms with E-state index in [-0.39, 0.29) is 17.7 Å². The van der Waals surface area contributed by atoms with Gasteiger partial charge in [0.1, 0.15) is 0 Å². The van der Waals surface area contributed by atoms with Crippen LogP contribution in [-0.4, -0.2) is 18.9 Å². The average Bonchev–Trinajstić information content (AvgIpc) is 3.19. The molecule has 1 aromatic rings. The fourth-order valence-electron chi connectivity index (χ4n) is 1.61. The van der Waals surface area contributed by atoms with Gasteiger partial charge >= 0.3 is 5.97 Å². The summed E-state index contributed by atoms with van der Waals surface area (Å²) in [6, 6.07) is 7.08. The van der Waals surface area contributed by atoms with Crippen molar-refractivity contribution >= 4 is 17.8 Å². The smallest absolute Gasteiger partial charge is 0.338 e. The van der Waals surface area contributed by atoms with Gasteiger partial charge in [-0.3, -0.25) is 4.79 Å². The van der Waals surface area contributed by atoms with Crippen LogP contribution in [-0.2, 0) is 9.53 Å². The molecule has 1 saturated carbocycles. The molecule has 0 unspecified atom stereocenters. The Balaban J connectivity index is 2.19. The molecule has 88 valence electrons. The first-order valence-electron chi connectivity index (χ1n) is 5.61. The van der Waals surface area contributed by atoms with Gasteiger partial charge in [-0.05, 0) is 30.5 Å². The van der Waals surface area contributed by atoms with Gasteiger partial charge in [0.15, 0.2) is 5.78 Å². The summed E-state index contributed by atoms with van der Waals surface area (Å²) in [5, 5.41) is 0. The normalized spacial score (nSPS) is 14.9. The average molecular weight is 230 g/mol. The summed E-state index contributed by atoms with van der Waals surface area (Å²) >= 11 is 0. The number of ether oxygens (including phenoxy) is 1. The van der Waals surface area contributed by atoms with E-state index in [4.69, 9.17) is 0 Å². The van der Waals surface area contributed by atoms with Crippen molar-refractivity contribution in [3.8, 4) is 0 Å². The van der Waals surface area contributed by atoms with Crippen molar-refractivity contribution in [3.05, 3.63) is 41.5 Å². The molecule has 0 atom stereocenters. The van der Waals surface area contributed by atoms with Crippen molar-refractivity contribution < 1.29 is 14.3 Å². The van der Waals surface area contributed by atoms with Crippen molar-refractivity contribution in [1.29, 1.82) is 0 Å². The zero-order chi connectivity index (χ0) is 12.3. The second kappa shape index (κ2) is 4.95. The van der Waals surface area contributed by atoms with Crippen molar-refractivity contribution in [3.63, 3.8) is 0 Å². The minimum absolute atomic E-state index is 0.143. The molecule has 1 fully saturated rings. The third kappa shape index (κ3) is 2.81. The van der Waals surface area contributed by atoms with Crippen molar-refractivity contribution in [2.24, 2.45) is 5.92 Å². The maximum atomic E-state index is 11.5. The molecule has 1 aliphatic rings. The number of benzene rings is 1. The van der Waals surface area contributed by atoms with Crippen LogP contribution in [0.25, 0.3) is 6.08 Å². The van der Waals surface area contributed by atoms with Crippen LogP contribution >= 0.6 is 0 Å². The van der Waals surface area contributed by atoms with E-state index >= 15 is 0 Å². The van der Waals surface area contributed by atoms with E-state index < -0.39 is 0 Å². The van der Waals surface area contributed by atoms with Gasteiger partial charge in [0.25, 0.3) is 0 Å². The summed E-state index contributed by atoms with van der Waals surface area (Å²) in [5.41, 5.74) is 1.20. The number of rotatable bonds is 4. The van der Waals surface area contributed by atoms with Crippen molar-refractivity contribution in [2.75, 3.05) is 7.11 Å². The Bertz CT molecular complexity index is 470. The van der Waals surface area contributed by atoms with Crippen molar-refractivity contribution in [1.82, 2.24) is 0 Å². The number of hydrogen-bond donors (Lipinski definition) is 0. The summed E-state index contributed by atoms with van der Waals surface area (Å²) < 4.78 is 4.69. The first-order valence-corrected chi connectivity index (χ1v) is 5.61. The molecular weight excluding hydrogens is 216 g/mol. The molecule has 0 aliphatic heterocycles. The predicted octanol–water partition coefficient (Wildman–Crippen LogP) is 2.47. The highest BCUT2D eigenvalue weighted by Crippen LogP contribution is 2.30. The van der Waals surface area contributed by atoms with E-state index in [0.29, 0.717) is 11.1 Å². The lowest BCUT2D eigenvalue weighted by molar-refractivity contribution is -0.115. The lowest BCUT2D eigenvalue weighted by atomic mass is 10.1. The molecule has 0 bridgehead atoms. The van der Waals surface area contributed by atoms with E-state index in [1.54, 1.807) is 30.4 Å². The molecule has 1 aliphatic carbocycles. The Hall–Kier alpha value is -1.90. The van der Waals surface area contributed by atoms with Crippen LogP contribution in [0.2, 0.25) is 0 Å². The zero-order valence-electron chi connectivity index (χ0n) is 9.68. The number of carbonyl (C=O) groups excluding carboxylic acids is 2. The number of methoxy groups -OCH3 is 1. The highest BCUT2D eigenvalue weighted by atomic mass is 16.5. The number of hydrogen-bond acceptors (Lipinski definition) is 3. The van der Waals surface area contributed by atoms with Gasteiger partial charge in [0.05, 0.1) is 12.7 Å². The monoisotopic (exact) mass is 230 g/mol. The largest absolute Gasteiger partial charge is 0.465 e. The molecule has 3 heteroatoms. The van der Waals surface area contributed by atoms with E-state index in [1.807, 2.05) is 6.07 Å². The van der Waals surface area contributed by atoms with Crippen molar-refractivity contribution in [2.45, 2.75) is 12.8 Å². The molecule has 0 saturated heterocycles. The molecule has 17 heavy (non-hydrogen) atoms. The maximum Gasteiger partial charge on any atom is 0.338 e. The topological polar surface area (TPSA) is 43.4 Å². The Labute approximate surface area is 100 Å². The number of allylic oxidation sites excluding steroid dienone is 1. The third-order valence-corrected chi connectivity index (χ3v) is 2.77. The van der Waals surface area contributed by atoms with Gasteiger partial charge in [0.2, 0.25) is 0 Å². The fourth-order valence-corrected chi connectivity index (χ4v) is 1.61. The molecule has 3 nitrogen and oxygen atoms in total. The summed E-state index contributed by atoms with van der Waals surface area (Å²) in [7, 11) is 1.35. The molecule has 0 amide bonds. The summed E-state index contributed by atoms with van der Waals surface area (Å²) in [4.78, 5) is 23.0. The fraction of sp³-hybridized carbons (Fsp3) is 0.286. The first-order chi connectivity index (χ1) is 8.22. The predicted molar refractivity (Wildman–Crippen MR) is 64.5 cm³/mol. The molecule has 0 N–H and O–H groups in total. The molecular formula is C14H14O3. The Morgan fingerprint density at radius 1 is 1.29 bits per heavy atom. The zero-order valence-corrected chi connectivity index (χ0v) is 9.68. The highest BCUT2D eigenvalue weighted by molar-refractivity contribution is 5.99. The molecule has 0 aromatic heterocycles. The van der Waals surface area contributed by atoms with Crippen LogP contribution in [0.1, 0.15) is 28.8 Å². The molecule has 0 radical (unpaired) electrons. The number of ketones is 1. The van der Waals surface area contributed by atoms with Crippen LogP contribution in [0.5, 0.6) is 0 Å². The molecule has 2 rings (SSSR count). The third-order valence-electron chi connectivity index (χ3n) is 2.77. The minimum Gasteiger partial charge on any atom is -0.465 e. The van der Waals surface area contributed by atoms with Crippen LogP contribution in [0.15, 0.2) is 30.3 Å². The second-order valence-electron chi connectivity index (χ2n) is 4.09. The quantitative estimate of drug-likeness (QED) is 0.589. The Morgan fingerprint density at radius 2 is 2.00 bits per heavy atom. The molecule has 0 heterocycles. The van der Waals surface area contributed by atoms with E-state index in [2.05, 4.69) is 4.74 Å². The van der Waals surface area contributed by atoms with Gasteiger partial charge in [-0.15, -0.1) is 0 Å². The van der Waals surface area contributed by atoms with E-state index in [0.717, 1.165) is 12.8 Å². The molecule has 1 aromatic carbocycles. The van der Waals surface area contributed by atoms with E-state index in [9.17, 15) is 9.59 Å². The molecule has 0 spiro atoms. The highest BCUT2D eigenvalue weighted by Gasteiger charge is 2.27. The lowest BCUT2D eigenvalue weighted by Crippen LogP contribution is -2.03.